The second-order valence-electron chi connectivity index (χ2n) is 4.58. The normalized spacial score (nSPS) is 11.4. The minimum absolute atomic E-state index is 0.142. The SMILES string of the molecule is Cc1ccc(C(=O)NC(C)(CCl)CCl)cc1C. The van der Waals surface area contributed by atoms with Crippen molar-refractivity contribution in [1.29, 1.82) is 0 Å². The topological polar surface area (TPSA) is 29.1 Å². The first-order valence-electron chi connectivity index (χ1n) is 5.43. The Labute approximate surface area is 112 Å². The lowest BCUT2D eigenvalue weighted by molar-refractivity contribution is 0.0921. The summed E-state index contributed by atoms with van der Waals surface area (Å²) >= 11 is 11.6. The minimum Gasteiger partial charge on any atom is -0.344 e. The molecule has 0 spiro atoms. The zero-order valence-electron chi connectivity index (χ0n) is 10.3. The molecule has 94 valence electrons. The van der Waals surface area contributed by atoms with E-state index < -0.39 is 5.54 Å². The molecule has 4 heteroatoms. The highest BCUT2D eigenvalue weighted by molar-refractivity contribution is 6.22. The van der Waals surface area contributed by atoms with Gasteiger partial charge >= 0.3 is 0 Å². The van der Waals surface area contributed by atoms with Crippen LogP contribution in [-0.2, 0) is 0 Å². The Morgan fingerprint density at radius 2 is 1.82 bits per heavy atom. The van der Waals surface area contributed by atoms with Gasteiger partial charge in [0.05, 0.1) is 5.54 Å². The highest BCUT2D eigenvalue weighted by Crippen LogP contribution is 2.13. The van der Waals surface area contributed by atoms with Crippen LogP contribution in [0.2, 0.25) is 0 Å². The first-order valence-corrected chi connectivity index (χ1v) is 6.50. The number of alkyl halides is 2. The van der Waals surface area contributed by atoms with Crippen LogP contribution in [0.4, 0.5) is 0 Å². The zero-order chi connectivity index (χ0) is 13.1. The molecule has 1 aromatic carbocycles. The van der Waals surface area contributed by atoms with Crippen LogP contribution in [0.1, 0.15) is 28.4 Å². The van der Waals surface area contributed by atoms with Crippen molar-refractivity contribution >= 4 is 29.1 Å². The summed E-state index contributed by atoms with van der Waals surface area (Å²) in [7, 11) is 0. The number of benzene rings is 1. The summed E-state index contributed by atoms with van der Waals surface area (Å²) in [6.45, 7) is 5.82. The number of amides is 1. The summed E-state index contributed by atoms with van der Waals surface area (Å²) in [4.78, 5) is 12.0. The lowest BCUT2D eigenvalue weighted by atomic mass is 10.0. The highest BCUT2D eigenvalue weighted by Gasteiger charge is 2.24. The van der Waals surface area contributed by atoms with Crippen molar-refractivity contribution in [3.63, 3.8) is 0 Å². The molecule has 1 aromatic rings. The molecule has 0 aliphatic carbocycles. The van der Waals surface area contributed by atoms with Crippen LogP contribution in [0.15, 0.2) is 18.2 Å². The lowest BCUT2D eigenvalue weighted by Crippen LogP contribution is -2.49. The van der Waals surface area contributed by atoms with Crippen molar-refractivity contribution < 1.29 is 4.79 Å². The summed E-state index contributed by atoms with van der Waals surface area (Å²) in [5, 5.41) is 2.85. The predicted molar refractivity (Wildman–Crippen MR) is 73.2 cm³/mol. The van der Waals surface area contributed by atoms with Gasteiger partial charge in [-0.2, -0.15) is 0 Å². The van der Waals surface area contributed by atoms with E-state index in [1.165, 1.54) is 5.56 Å². The Morgan fingerprint density at radius 3 is 2.29 bits per heavy atom. The van der Waals surface area contributed by atoms with Crippen LogP contribution in [0, 0.1) is 13.8 Å². The van der Waals surface area contributed by atoms with Crippen molar-refractivity contribution in [1.82, 2.24) is 5.32 Å². The minimum atomic E-state index is -0.570. The Morgan fingerprint density at radius 1 is 1.24 bits per heavy atom. The van der Waals surface area contributed by atoms with Gasteiger partial charge in [-0.15, -0.1) is 23.2 Å². The Kier molecular flexibility index (Phi) is 4.84. The molecule has 0 saturated carbocycles. The second kappa shape index (κ2) is 5.74. The summed E-state index contributed by atoms with van der Waals surface area (Å²) in [5.74, 6) is 0.428. The number of rotatable bonds is 4. The van der Waals surface area contributed by atoms with Crippen LogP contribution < -0.4 is 5.32 Å². The molecule has 1 N–H and O–H groups in total. The van der Waals surface area contributed by atoms with Crippen LogP contribution >= 0.6 is 23.2 Å². The molecule has 0 radical (unpaired) electrons. The molecule has 0 aromatic heterocycles. The summed E-state index contributed by atoms with van der Waals surface area (Å²) in [6, 6.07) is 5.61. The molecule has 0 heterocycles. The van der Waals surface area contributed by atoms with E-state index >= 15 is 0 Å². The predicted octanol–water partition coefficient (Wildman–Crippen LogP) is 3.27. The van der Waals surface area contributed by atoms with Gasteiger partial charge < -0.3 is 5.32 Å². The average molecular weight is 274 g/mol. The van der Waals surface area contributed by atoms with Gasteiger partial charge in [-0.05, 0) is 44.0 Å². The maximum absolute atomic E-state index is 12.0. The van der Waals surface area contributed by atoms with Crippen LogP contribution in [0.3, 0.4) is 0 Å². The first kappa shape index (κ1) is 14.3. The molecular formula is C13H17Cl2NO. The molecule has 0 aliphatic heterocycles. The lowest BCUT2D eigenvalue weighted by Gasteiger charge is -2.26. The standard InChI is InChI=1S/C13H17Cl2NO/c1-9-4-5-11(6-10(9)2)12(17)16-13(3,7-14)8-15/h4-6H,7-8H2,1-3H3,(H,16,17). The molecule has 2 nitrogen and oxygen atoms in total. The van der Waals surface area contributed by atoms with Crippen LogP contribution in [-0.4, -0.2) is 23.2 Å². The number of halogens is 2. The maximum atomic E-state index is 12.0. The number of nitrogens with one attached hydrogen (secondary N) is 1. The van der Waals surface area contributed by atoms with Crippen molar-refractivity contribution in [2.45, 2.75) is 26.3 Å². The van der Waals surface area contributed by atoms with Gasteiger partial charge in [-0.25, -0.2) is 0 Å². The van der Waals surface area contributed by atoms with E-state index in [-0.39, 0.29) is 17.7 Å². The van der Waals surface area contributed by atoms with E-state index in [1.54, 1.807) is 6.07 Å². The number of carbonyl (C=O) groups excluding carboxylic acids is 1. The first-order chi connectivity index (χ1) is 7.91. The summed E-state index contributed by atoms with van der Waals surface area (Å²) < 4.78 is 0. The van der Waals surface area contributed by atoms with E-state index in [9.17, 15) is 4.79 Å². The van der Waals surface area contributed by atoms with Crippen molar-refractivity contribution in [3.05, 3.63) is 34.9 Å². The average Bonchev–Trinajstić information content (AvgIpc) is 2.32. The van der Waals surface area contributed by atoms with Gasteiger partial charge in [0.2, 0.25) is 0 Å². The second-order valence-corrected chi connectivity index (χ2v) is 5.12. The molecule has 0 aliphatic rings. The summed E-state index contributed by atoms with van der Waals surface area (Å²) in [5.41, 5.74) is 2.32. The van der Waals surface area contributed by atoms with E-state index in [0.29, 0.717) is 5.56 Å². The maximum Gasteiger partial charge on any atom is 0.251 e. The number of aryl methyl sites for hydroxylation is 2. The number of hydrogen-bond donors (Lipinski definition) is 1. The third kappa shape index (κ3) is 3.62. The molecule has 0 unspecified atom stereocenters. The summed E-state index contributed by atoms with van der Waals surface area (Å²) in [6.07, 6.45) is 0. The quantitative estimate of drug-likeness (QED) is 0.839. The third-order valence-corrected chi connectivity index (χ3v) is 3.95. The molecule has 0 bridgehead atoms. The monoisotopic (exact) mass is 273 g/mol. The molecule has 17 heavy (non-hydrogen) atoms. The van der Waals surface area contributed by atoms with Gasteiger partial charge in [-0.3, -0.25) is 4.79 Å². The molecule has 0 saturated heterocycles. The largest absolute Gasteiger partial charge is 0.344 e. The van der Waals surface area contributed by atoms with Crippen LogP contribution in [0.25, 0.3) is 0 Å². The molecule has 0 atom stereocenters. The van der Waals surface area contributed by atoms with Gasteiger partial charge in [0.25, 0.3) is 5.91 Å². The van der Waals surface area contributed by atoms with Crippen molar-refractivity contribution in [2.24, 2.45) is 0 Å². The fraction of sp³-hybridized carbons (Fsp3) is 0.462. The number of hydrogen-bond acceptors (Lipinski definition) is 1. The van der Waals surface area contributed by atoms with Gasteiger partial charge in [-0.1, -0.05) is 6.07 Å². The van der Waals surface area contributed by atoms with Crippen molar-refractivity contribution in [3.8, 4) is 0 Å². The fourth-order valence-electron chi connectivity index (χ4n) is 1.33. The van der Waals surface area contributed by atoms with Crippen molar-refractivity contribution in [2.75, 3.05) is 11.8 Å². The molecular weight excluding hydrogens is 257 g/mol. The number of carbonyl (C=O) groups is 1. The third-order valence-electron chi connectivity index (χ3n) is 2.77. The Bertz CT molecular complexity index is 414. The van der Waals surface area contributed by atoms with E-state index in [2.05, 4.69) is 5.32 Å². The van der Waals surface area contributed by atoms with Gasteiger partial charge in [0, 0.05) is 17.3 Å². The van der Waals surface area contributed by atoms with E-state index in [1.807, 2.05) is 32.9 Å². The fourth-order valence-corrected chi connectivity index (χ4v) is 1.75. The highest BCUT2D eigenvalue weighted by atomic mass is 35.5. The Balaban J connectivity index is 2.86. The Hall–Kier alpha value is -0.730. The molecule has 1 rings (SSSR count). The zero-order valence-corrected chi connectivity index (χ0v) is 11.8. The van der Waals surface area contributed by atoms with Gasteiger partial charge in [0.15, 0.2) is 0 Å². The molecule has 0 fully saturated rings. The smallest absolute Gasteiger partial charge is 0.251 e. The van der Waals surface area contributed by atoms with Gasteiger partial charge in [0.1, 0.15) is 0 Å². The molecule has 1 amide bonds. The van der Waals surface area contributed by atoms with E-state index in [4.69, 9.17) is 23.2 Å². The van der Waals surface area contributed by atoms with E-state index in [0.717, 1.165) is 5.56 Å². The van der Waals surface area contributed by atoms with Crippen LogP contribution in [0.5, 0.6) is 0 Å².